The van der Waals surface area contributed by atoms with E-state index >= 15 is 0 Å². The molecule has 0 aliphatic heterocycles. The molecule has 0 fully saturated rings. The van der Waals surface area contributed by atoms with Gasteiger partial charge in [0, 0.05) is 13.0 Å². The largest absolute Gasteiger partial charge is 0.480 e. The molecule has 5 nitrogen and oxygen atoms in total. The Labute approximate surface area is 158 Å². The van der Waals surface area contributed by atoms with Crippen molar-refractivity contribution >= 4 is 12.1 Å². The highest BCUT2D eigenvalue weighted by molar-refractivity contribution is 5.81. The third kappa shape index (κ3) is 3.72. The first-order valence-corrected chi connectivity index (χ1v) is 8.96. The number of hydrogen-bond donors (Lipinski definition) is 1. The molecule has 27 heavy (non-hydrogen) atoms. The van der Waals surface area contributed by atoms with Gasteiger partial charge in [0.2, 0.25) is 0 Å². The Bertz CT molecular complexity index is 815. The van der Waals surface area contributed by atoms with Gasteiger partial charge in [0.15, 0.2) is 0 Å². The molecule has 2 aromatic rings. The molecule has 0 radical (unpaired) electrons. The van der Waals surface area contributed by atoms with Crippen molar-refractivity contribution in [2.24, 2.45) is 0 Å². The van der Waals surface area contributed by atoms with Crippen LogP contribution in [0.4, 0.5) is 4.79 Å². The van der Waals surface area contributed by atoms with Crippen LogP contribution in [0.25, 0.3) is 11.1 Å². The van der Waals surface area contributed by atoms with Crippen molar-refractivity contribution in [1.29, 1.82) is 0 Å². The van der Waals surface area contributed by atoms with Crippen LogP contribution in [0.1, 0.15) is 29.9 Å². The maximum absolute atomic E-state index is 12.4. The SMILES string of the molecule is C=CCC[C@H](C(=O)O)N(C)C(=O)OCC1c2ccccc2-c2ccccc21. The number of likely N-dealkylation sites (N-methyl/N-ethyl adjacent to an activating group) is 1. The molecule has 3 rings (SSSR count). The second-order valence-corrected chi connectivity index (χ2v) is 6.63. The second-order valence-electron chi connectivity index (χ2n) is 6.63. The molecule has 1 aliphatic carbocycles. The lowest BCUT2D eigenvalue weighted by Crippen LogP contribution is -2.42. The van der Waals surface area contributed by atoms with Crippen molar-refractivity contribution in [1.82, 2.24) is 4.90 Å². The van der Waals surface area contributed by atoms with E-state index in [0.717, 1.165) is 27.2 Å². The zero-order chi connectivity index (χ0) is 19.4. The smallest absolute Gasteiger partial charge is 0.410 e. The lowest BCUT2D eigenvalue weighted by atomic mass is 9.98. The Morgan fingerprint density at radius 1 is 1.15 bits per heavy atom. The van der Waals surface area contributed by atoms with Gasteiger partial charge in [0.25, 0.3) is 0 Å². The van der Waals surface area contributed by atoms with Crippen LogP contribution in [0.15, 0.2) is 61.2 Å². The van der Waals surface area contributed by atoms with Gasteiger partial charge in [-0.2, -0.15) is 0 Å². The number of carbonyl (C=O) groups is 2. The Hall–Kier alpha value is -3.08. The van der Waals surface area contributed by atoms with Crippen molar-refractivity contribution in [3.63, 3.8) is 0 Å². The highest BCUT2D eigenvalue weighted by Gasteiger charge is 2.31. The van der Waals surface area contributed by atoms with Gasteiger partial charge in [0.1, 0.15) is 12.6 Å². The highest BCUT2D eigenvalue weighted by atomic mass is 16.6. The molecule has 0 spiro atoms. The minimum atomic E-state index is -1.05. The minimum Gasteiger partial charge on any atom is -0.480 e. The van der Waals surface area contributed by atoms with Crippen LogP contribution < -0.4 is 0 Å². The van der Waals surface area contributed by atoms with E-state index in [0.29, 0.717) is 12.8 Å². The average Bonchev–Trinajstić information content (AvgIpc) is 3.00. The van der Waals surface area contributed by atoms with Crippen LogP contribution >= 0.6 is 0 Å². The van der Waals surface area contributed by atoms with Gasteiger partial charge in [-0.3, -0.25) is 4.90 Å². The number of hydrogen-bond acceptors (Lipinski definition) is 3. The molecule has 0 bridgehead atoms. The van der Waals surface area contributed by atoms with Gasteiger partial charge in [-0.1, -0.05) is 54.6 Å². The summed E-state index contributed by atoms with van der Waals surface area (Å²) < 4.78 is 5.51. The van der Waals surface area contributed by atoms with Gasteiger partial charge in [-0.15, -0.1) is 6.58 Å². The summed E-state index contributed by atoms with van der Waals surface area (Å²) in [5, 5.41) is 9.38. The average molecular weight is 365 g/mol. The van der Waals surface area contributed by atoms with Crippen molar-refractivity contribution in [2.45, 2.75) is 24.8 Å². The molecule has 0 saturated heterocycles. The molecule has 1 N–H and O–H groups in total. The predicted molar refractivity (Wildman–Crippen MR) is 104 cm³/mol. The molecule has 0 saturated carbocycles. The fraction of sp³-hybridized carbons (Fsp3) is 0.273. The van der Waals surface area contributed by atoms with E-state index in [2.05, 4.69) is 18.7 Å². The van der Waals surface area contributed by atoms with E-state index < -0.39 is 18.1 Å². The standard InChI is InChI=1S/C22H23NO4/c1-3-4-13-20(21(24)25)23(2)22(26)27-14-19-17-11-7-5-9-15(17)16-10-6-8-12-18(16)19/h3,5-12,19-20H,1,4,13-14H2,2H3,(H,24,25)/t20-/m1/s1. The van der Waals surface area contributed by atoms with E-state index in [1.54, 1.807) is 6.08 Å². The van der Waals surface area contributed by atoms with E-state index in [9.17, 15) is 14.7 Å². The monoisotopic (exact) mass is 365 g/mol. The molecule has 5 heteroatoms. The fourth-order valence-electron chi connectivity index (χ4n) is 3.58. The number of carbonyl (C=O) groups excluding carboxylic acids is 1. The van der Waals surface area contributed by atoms with Gasteiger partial charge in [-0.05, 0) is 35.1 Å². The lowest BCUT2D eigenvalue weighted by Gasteiger charge is -2.25. The number of amides is 1. The summed E-state index contributed by atoms with van der Waals surface area (Å²) in [4.78, 5) is 25.1. The van der Waals surface area contributed by atoms with Gasteiger partial charge in [0.05, 0.1) is 0 Å². The summed E-state index contributed by atoms with van der Waals surface area (Å²) in [7, 11) is 1.46. The van der Waals surface area contributed by atoms with Crippen molar-refractivity contribution in [3.8, 4) is 11.1 Å². The number of carboxylic acid groups (broad SMARTS) is 1. The van der Waals surface area contributed by atoms with Crippen LogP contribution in [0, 0.1) is 0 Å². The number of benzene rings is 2. The number of nitrogens with zero attached hydrogens (tertiary/aromatic N) is 1. The molecule has 0 unspecified atom stereocenters. The minimum absolute atomic E-state index is 0.0498. The van der Waals surface area contributed by atoms with Gasteiger partial charge < -0.3 is 9.84 Å². The molecular formula is C22H23NO4. The summed E-state index contributed by atoms with van der Waals surface area (Å²) in [6.45, 7) is 3.77. The molecule has 0 heterocycles. The third-order valence-electron chi connectivity index (χ3n) is 5.02. The first-order chi connectivity index (χ1) is 13.0. The maximum atomic E-state index is 12.4. The molecule has 140 valence electrons. The lowest BCUT2D eigenvalue weighted by molar-refractivity contribution is -0.142. The predicted octanol–water partition coefficient (Wildman–Crippen LogP) is 4.29. The van der Waals surface area contributed by atoms with E-state index in [-0.39, 0.29) is 12.5 Å². The number of rotatable bonds is 7. The number of carboxylic acids is 1. The number of allylic oxidation sites excluding steroid dienone is 1. The first kappa shape index (κ1) is 18.7. The topological polar surface area (TPSA) is 66.8 Å². The fourth-order valence-corrected chi connectivity index (χ4v) is 3.58. The van der Waals surface area contributed by atoms with Crippen LogP contribution in [0.2, 0.25) is 0 Å². The van der Waals surface area contributed by atoms with Crippen LogP contribution in [-0.2, 0) is 9.53 Å². The van der Waals surface area contributed by atoms with Crippen LogP contribution in [-0.4, -0.2) is 41.8 Å². The Morgan fingerprint density at radius 3 is 2.22 bits per heavy atom. The molecular weight excluding hydrogens is 342 g/mol. The zero-order valence-electron chi connectivity index (χ0n) is 15.3. The molecule has 0 aromatic heterocycles. The summed E-state index contributed by atoms with van der Waals surface area (Å²) in [5.41, 5.74) is 4.54. The van der Waals surface area contributed by atoms with Gasteiger partial charge in [-0.25, -0.2) is 9.59 Å². The first-order valence-electron chi connectivity index (χ1n) is 8.96. The van der Waals surface area contributed by atoms with Crippen molar-refractivity contribution in [2.75, 3.05) is 13.7 Å². The Balaban J connectivity index is 1.73. The van der Waals surface area contributed by atoms with Crippen molar-refractivity contribution in [3.05, 3.63) is 72.3 Å². The van der Waals surface area contributed by atoms with Crippen LogP contribution in [0.3, 0.4) is 0 Å². The number of ether oxygens (including phenoxy) is 1. The quantitative estimate of drug-likeness (QED) is 0.744. The van der Waals surface area contributed by atoms with Gasteiger partial charge >= 0.3 is 12.1 Å². The van der Waals surface area contributed by atoms with E-state index in [4.69, 9.17) is 4.74 Å². The molecule has 1 aliphatic rings. The Morgan fingerprint density at radius 2 is 1.70 bits per heavy atom. The normalized spacial score (nSPS) is 13.4. The van der Waals surface area contributed by atoms with E-state index in [1.165, 1.54) is 7.05 Å². The number of aliphatic carboxylic acids is 1. The molecule has 1 amide bonds. The van der Waals surface area contributed by atoms with Crippen LogP contribution in [0.5, 0.6) is 0 Å². The second kappa shape index (κ2) is 8.08. The summed E-state index contributed by atoms with van der Waals surface area (Å²) in [6.07, 6.45) is 1.83. The third-order valence-corrected chi connectivity index (χ3v) is 5.02. The summed E-state index contributed by atoms with van der Waals surface area (Å²) >= 11 is 0. The highest BCUT2D eigenvalue weighted by Crippen LogP contribution is 2.44. The summed E-state index contributed by atoms with van der Waals surface area (Å²) in [6, 6.07) is 15.2. The molecule has 2 aromatic carbocycles. The van der Waals surface area contributed by atoms with E-state index in [1.807, 2.05) is 36.4 Å². The molecule has 1 atom stereocenters. The summed E-state index contributed by atoms with van der Waals surface area (Å²) in [5.74, 6) is -1.10. The zero-order valence-corrected chi connectivity index (χ0v) is 15.3. The Kier molecular flexibility index (Phi) is 5.60. The van der Waals surface area contributed by atoms with Crippen molar-refractivity contribution < 1.29 is 19.4 Å². The maximum Gasteiger partial charge on any atom is 0.410 e. The number of fused-ring (bicyclic) bond motifs is 3.